The van der Waals surface area contributed by atoms with Crippen molar-refractivity contribution in [2.45, 2.75) is 117 Å². The fraction of sp³-hybridized carbons (Fsp3) is 0.590. The fourth-order valence-corrected chi connectivity index (χ4v) is 6.97. The van der Waals surface area contributed by atoms with Gasteiger partial charge in [0.2, 0.25) is 5.91 Å². The van der Waals surface area contributed by atoms with Crippen LogP contribution in [0, 0.1) is 23.7 Å². The topological polar surface area (TPSA) is 75.0 Å². The maximum atomic E-state index is 14.1. The summed E-state index contributed by atoms with van der Waals surface area (Å²) in [7, 11) is 0. The number of aryl methyl sites for hydroxylation is 1. The first kappa shape index (κ1) is 37.0. The maximum Gasteiger partial charge on any atom is 0.316 e. The van der Waals surface area contributed by atoms with Gasteiger partial charge < -0.3 is 14.4 Å². The van der Waals surface area contributed by atoms with E-state index in [2.05, 4.69) is 77.5 Å². The van der Waals surface area contributed by atoms with Gasteiger partial charge in [-0.25, -0.2) is 0 Å². The first-order valence-electron chi connectivity index (χ1n) is 17.7. The Morgan fingerprint density at radius 3 is 2.24 bits per heavy atom. The zero-order chi connectivity index (χ0) is 33.3. The zero-order valence-electron chi connectivity index (χ0n) is 28.6. The van der Waals surface area contributed by atoms with Gasteiger partial charge in [0.15, 0.2) is 0 Å². The molecule has 0 saturated carbocycles. The SMILES string of the molecule is C#C.CCCC.CCCCc1c2n(c3cc(C(=O)N=O)ccc13)CC(C(=O)N1CCC(N3CCCCC3)CC1)CC/C=C\C=C/C2. The van der Waals surface area contributed by atoms with Gasteiger partial charge >= 0.3 is 5.91 Å². The van der Waals surface area contributed by atoms with E-state index in [1.807, 2.05) is 12.1 Å². The number of carbonyl (C=O) groups is 2. The second kappa shape index (κ2) is 19.9. The number of carbonyl (C=O) groups excluding carboxylic acids is 2. The quantitative estimate of drug-likeness (QED) is 0.228. The molecule has 0 aliphatic carbocycles. The van der Waals surface area contributed by atoms with E-state index in [1.165, 1.54) is 56.5 Å². The van der Waals surface area contributed by atoms with Crippen LogP contribution in [-0.4, -0.2) is 58.4 Å². The number of aromatic nitrogens is 1. The predicted octanol–water partition coefficient (Wildman–Crippen LogP) is 8.49. The van der Waals surface area contributed by atoms with Crippen molar-refractivity contribution in [1.82, 2.24) is 14.4 Å². The van der Waals surface area contributed by atoms with Crippen LogP contribution in [0.15, 0.2) is 47.7 Å². The molecule has 7 nitrogen and oxygen atoms in total. The van der Waals surface area contributed by atoms with Gasteiger partial charge in [0.05, 0.1) is 5.92 Å². The molecule has 2 fully saturated rings. The molecule has 2 aromatic rings. The van der Waals surface area contributed by atoms with Gasteiger partial charge in [-0.05, 0) is 82.2 Å². The molecule has 2 saturated heterocycles. The van der Waals surface area contributed by atoms with E-state index in [9.17, 15) is 14.5 Å². The highest BCUT2D eigenvalue weighted by Crippen LogP contribution is 2.32. The number of amides is 2. The van der Waals surface area contributed by atoms with Gasteiger partial charge in [-0.1, -0.05) is 76.8 Å². The maximum absolute atomic E-state index is 14.1. The number of unbranched alkanes of at least 4 members (excludes halogenated alkanes) is 2. The van der Waals surface area contributed by atoms with Crippen molar-refractivity contribution in [3.8, 4) is 12.8 Å². The first-order chi connectivity index (χ1) is 22.5. The lowest BCUT2D eigenvalue weighted by Gasteiger charge is -2.41. The Balaban J connectivity index is 0.000000891. The summed E-state index contributed by atoms with van der Waals surface area (Å²) in [5.74, 6) is -0.647. The lowest BCUT2D eigenvalue weighted by Crippen LogP contribution is -2.49. The Labute approximate surface area is 277 Å². The Bertz CT molecular complexity index is 1340. The molecule has 1 unspecified atom stereocenters. The Morgan fingerprint density at radius 2 is 1.59 bits per heavy atom. The number of nitrogens with zero attached hydrogens (tertiary/aromatic N) is 4. The molecule has 1 atom stereocenters. The number of terminal acetylenes is 1. The number of rotatable bonds is 7. The first-order valence-corrected chi connectivity index (χ1v) is 17.7. The smallest absolute Gasteiger partial charge is 0.316 e. The molecule has 250 valence electrons. The van der Waals surface area contributed by atoms with Crippen molar-refractivity contribution in [3.63, 3.8) is 0 Å². The molecule has 4 heterocycles. The summed E-state index contributed by atoms with van der Waals surface area (Å²) >= 11 is 0. The lowest BCUT2D eigenvalue weighted by atomic mass is 9.96. The molecular weight excluding hydrogens is 572 g/mol. The van der Waals surface area contributed by atoms with Crippen molar-refractivity contribution in [2.24, 2.45) is 11.1 Å². The molecule has 0 spiro atoms. The number of fused-ring (bicyclic) bond motifs is 3. The third kappa shape index (κ3) is 9.75. The monoisotopic (exact) mass is 628 g/mol. The molecule has 3 aliphatic heterocycles. The number of hydrogen-bond acceptors (Lipinski definition) is 4. The number of allylic oxidation sites excluding steroid dienone is 4. The highest BCUT2D eigenvalue weighted by atomic mass is 16.3. The van der Waals surface area contributed by atoms with Crippen LogP contribution >= 0.6 is 0 Å². The number of hydrogen-bond donors (Lipinski definition) is 0. The van der Waals surface area contributed by atoms with Crippen LogP contribution in [0.4, 0.5) is 0 Å². The van der Waals surface area contributed by atoms with Gasteiger partial charge in [0.1, 0.15) is 0 Å². The molecule has 5 rings (SSSR count). The molecule has 1 aromatic carbocycles. The third-order valence-electron chi connectivity index (χ3n) is 9.71. The standard InChI is InChI=1S/C33H44N4O3.C4H10.C2H2/c1-2-3-13-28-29-16-15-25(32(38)34-40)23-31(29)37-24-26(12-8-5-4-6-9-14-30(28)37)33(39)36-21-17-27(18-22-36)35-19-10-7-11-20-35;1-3-4-2;1-2/h4-6,9,15-16,23,26-27H,2-3,7-8,10-14,17-22,24H2,1H3;3-4H2,1-2H3;1-2H/b5-4-,9-6-;;. The summed E-state index contributed by atoms with van der Waals surface area (Å²) in [4.78, 5) is 42.1. The van der Waals surface area contributed by atoms with E-state index in [-0.39, 0.29) is 11.8 Å². The van der Waals surface area contributed by atoms with Crippen LogP contribution in [0.5, 0.6) is 0 Å². The van der Waals surface area contributed by atoms with Crippen LogP contribution in [0.3, 0.4) is 0 Å². The van der Waals surface area contributed by atoms with Crippen LogP contribution in [0.25, 0.3) is 10.9 Å². The summed E-state index contributed by atoms with van der Waals surface area (Å²) in [6, 6.07) is 6.10. The minimum atomic E-state index is -0.752. The molecule has 1 aromatic heterocycles. The van der Waals surface area contributed by atoms with E-state index in [0.29, 0.717) is 18.2 Å². The predicted molar refractivity (Wildman–Crippen MR) is 191 cm³/mol. The average Bonchev–Trinajstić information content (AvgIpc) is 3.38. The van der Waals surface area contributed by atoms with E-state index >= 15 is 0 Å². The van der Waals surface area contributed by atoms with E-state index < -0.39 is 5.91 Å². The van der Waals surface area contributed by atoms with Crippen LogP contribution in [-0.2, 0) is 24.2 Å². The molecule has 46 heavy (non-hydrogen) atoms. The zero-order valence-corrected chi connectivity index (χ0v) is 28.6. The molecular formula is C39H56N4O3. The van der Waals surface area contributed by atoms with Gasteiger partial charge in [-0.2, -0.15) is 0 Å². The Kier molecular flexibility index (Phi) is 16.0. The summed E-state index contributed by atoms with van der Waals surface area (Å²) in [5.41, 5.74) is 3.73. The number of piperidine rings is 2. The van der Waals surface area contributed by atoms with Crippen molar-refractivity contribution in [3.05, 3.63) is 64.2 Å². The minimum Gasteiger partial charge on any atom is -0.343 e. The minimum absolute atomic E-state index is 0.147. The highest BCUT2D eigenvalue weighted by Gasteiger charge is 2.32. The second-order valence-corrected chi connectivity index (χ2v) is 12.8. The van der Waals surface area contributed by atoms with Crippen molar-refractivity contribution < 1.29 is 9.59 Å². The average molecular weight is 629 g/mol. The normalized spacial score (nSPS) is 20.5. The van der Waals surface area contributed by atoms with Gasteiger partial charge in [0.25, 0.3) is 0 Å². The summed E-state index contributed by atoms with van der Waals surface area (Å²) in [6.45, 7) is 11.2. The van der Waals surface area contributed by atoms with Crippen LogP contribution in [0.2, 0.25) is 0 Å². The molecule has 0 radical (unpaired) electrons. The number of likely N-dealkylation sites (tertiary alicyclic amines) is 2. The molecule has 0 bridgehead atoms. The van der Waals surface area contributed by atoms with E-state index in [4.69, 9.17) is 0 Å². The number of nitroso groups, excluding NO2 is 1. The summed E-state index contributed by atoms with van der Waals surface area (Å²) < 4.78 is 2.28. The number of benzene rings is 1. The van der Waals surface area contributed by atoms with Gasteiger partial charge in [0, 0.05) is 59.4 Å². The summed E-state index contributed by atoms with van der Waals surface area (Å²) in [6.07, 6.45) is 30.8. The second-order valence-electron chi connectivity index (χ2n) is 12.8. The molecule has 3 aliphatic rings. The van der Waals surface area contributed by atoms with Crippen molar-refractivity contribution in [2.75, 3.05) is 26.2 Å². The fourth-order valence-electron chi connectivity index (χ4n) is 6.97. The van der Waals surface area contributed by atoms with Crippen molar-refractivity contribution in [1.29, 1.82) is 0 Å². The summed E-state index contributed by atoms with van der Waals surface area (Å²) in [5, 5.41) is 3.78. The largest absolute Gasteiger partial charge is 0.343 e. The van der Waals surface area contributed by atoms with E-state index in [1.54, 1.807) is 6.07 Å². The molecule has 0 N–H and O–H groups in total. The lowest BCUT2D eigenvalue weighted by molar-refractivity contribution is -0.137. The van der Waals surface area contributed by atoms with Gasteiger partial charge in [-0.15, -0.1) is 17.8 Å². The highest BCUT2D eigenvalue weighted by molar-refractivity contribution is 5.99. The Hall–Kier alpha value is -3.50. The van der Waals surface area contributed by atoms with E-state index in [0.717, 1.165) is 75.4 Å². The Morgan fingerprint density at radius 1 is 0.891 bits per heavy atom. The molecule has 7 heteroatoms. The van der Waals surface area contributed by atoms with Crippen molar-refractivity contribution >= 4 is 22.7 Å². The third-order valence-corrected chi connectivity index (χ3v) is 9.71. The van der Waals surface area contributed by atoms with Crippen LogP contribution < -0.4 is 0 Å². The van der Waals surface area contributed by atoms with Crippen LogP contribution in [0.1, 0.15) is 113 Å². The van der Waals surface area contributed by atoms with Gasteiger partial charge in [-0.3, -0.25) is 9.59 Å². The molecule has 2 amide bonds.